The number of H-pyrrole nitrogens is 1. The summed E-state index contributed by atoms with van der Waals surface area (Å²) in [6.45, 7) is 1.95. The van der Waals surface area contributed by atoms with Gasteiger partial charge in [-0.25, -0.2) is 9.97 Å². The maximum absolute atomic E-state index is 5.74. The van der Waals surface area contributed by atoms with E-state index in [0.29, 0.717) is 5.69 Å². The molecule has 0 saturated heterocycles. The van der Waals surface area contributed by atoms with Crippen LogP contribution in [0, 0.1) is 6.92 Å². The van der Waals surface area contributed by atoms with Gasteiger partial charge in [-0.1, -0.05) is 0 Å². The fourth-order valence-corrected chi connectivity index (χ4v) is 2.38. The standard InChI is InChI=1S/C9H9BrN4S/c1-5-6(11)4-14-8(7(5)10)15-9-12-2-3-13-9/h2-4H,11H2,1H3,(H,12,13). The van der Waals surface area contributed by atoms with Crippen LogP contribution in [0.4, 0.5) is 5.69 Å². The van der Waals surface area contributed by atoms with E-state index < -0.39 is 0 Å². The zero-order chi connectivity index (χ0) is 10.8. The Labute approximate surface area is 99.8 Å². The Morgan fingerprint density at radius 1 is 1.47 bits per heavy atom. The molecule has 0 amide bonds. The minimum absolute atomic E-state index is 0.686. The van der Waals surface area contributed by atoms with Crippen molar-refractivity contribution in [2.45, 2.75) is 17.1 Å². The molecule has 0 aromatic carbocycles. The molecule has 0 spiro atoms. The highest BCUT2D eigenvalue weighted by atomic mass is 79.9. The van der Waals surface area contributed by atoms with E-state index in [9.17, 15) is 0 Å². The first-order valence-corrected chi connectivity index (χ1v) is 5.87. The van der Waals surface area contributed by atoms with E-state index in [2.05, 4.69) is 30.9 Å². The number of anilines is 1. The number of rotatable bonds is 2. The van der Waals surface area contributed by atoms with E-state index in [1.54, 1.807) is 18.6 Å². The SMILES string of the molecule is Cc1c(N)cnc(Sc2ncc[nH]2)c1Br. The van der Waals surface area contributed by atoms with Crippen molar-refractivity contribution in [3.05, 3.63) is 28.6 Å². The van der Waals surface area contributed by atoms with Gasteiger partial charge in [0.25, 0.3) is 0 Å². The lowest BCUT2D eigenvalue weighted by atomic mass is 10.3. The highest BCUT2D eigenvalue weighted by Crippen LogP contribution is 2.33. The number of hydrogen-bond donors (Lipinski definition) is 2. The quantitative estimate of drug-likeness (QED) is 0.890. The molecule has 15 heavy (non-hydrogen) atoms. The fourth-order valence-electron chi connectivity index (χ4n) is 1.04. The lowest BCUT2D eigenvalue weighted by Crippen LogP contribution is -1.94. The molecule has 0 aliphatic heterocycles. The maximum Gasteiger partial charge on any atom is 0.171 e. The Bertz CT molecular complexity index is 469. The molecule has 2 rings (SSSR count). The van der Waals surface area contributed by atoms with Gasteiger partial charge in [-0.2, -0.15) is 0 Å². The Morgan fingerprint density at radius 2 is 2.27 bits per heavy atom. The van der Waals surface area contributed by atoms with Crippen LogP contribution in [0.2, 0.25) is 0 Å². The highest BCUT2D eigenvalue weighted by Gasteiger charge is 2.09. The first-order valence-electron chi connectivity index (χ1n) is 4.26. The van der Waals surface area contributed by atoms with Gasteiger partial charge in [0.2, 0.25) is 0 Å². The summed E-state index contributed by atoms with van der Waals surface area (Å²) in [6.07, 6.45) is 5.14. The molecule has 2 aromatic rings. The van der Waals surface area contributed by atoms with Crippen molar-refractivity contribution in [2.24, 2.45) is 0 Å². The lowest BCUT2D eigenvalue weighted by molar-refractivity contribution is 1.03. The van der Waals surface area contributed by atoms with Crippen LogP contribution < -0.4 is 5.73 Å². The van der Waals surface area contributed by atoms with Crippen LogP contribution in [0.5, 0.6) is 0 Å². The van der Waals surface area contributed by atoms with Crippen molar-refractivity contribution in [1.29, 1.82) is 0 Å². The second kappa shape index (κ2) is 4.24. The summed E-state index contributed by atoms with van der Waals surface area (Å²) in [7, 11) is 0. The molecule has 0 radical (unpaired) electrons. The first kappa shape index (κ1) is 10.5. The molecule has 78 valence electrons. The van der Waals surface area contributed by atoms with E-state index in [1.165, 1.54) is 11.8 Å². The van der Waals surface area contributed by atoms with Gasteiger partial charge in [-0.3, -0.25) is 0 Å². The molecular weight excluding hydrogens is 276 g/mol. The van der Waals surface area contributed by atoms with Crippen molar-refractivity contribution in [2.75, 3.05) is 5.73 Å². The number of hydrogen-bond acceptors (Lipinski definition) is 4. The predicted molar refractivity (Wildman–Crippen MR) is 63.8 cm³/mol. The minimum atomic E-state index is 0.686. The third-order valence-electron chi connectivity index (χ3n) is 1.94. The summed E-state index contributed by atoms with van der Waals surface area (Å²) in [5.74, 6) is 0. The molecule has 2 aromatic heterocycles. The smallest absolute Gasteiger partial charge is 0.171 e. The van der Waals surface area contributed by atoms with Gasteiger partial charge in [0.15, 0.2) is 5.16 Å². The van der Waals surface area contributed by atoms with Crippen LogP contribution in [0.25, 0.3) is 0 Å². The number of nitrogens with one attached hydrogen (secondary N) is 1. The van der Waals surface area contributed by atoms with Gasteiger partial charge in [-0.05, 0) is 40.2 Å². The zero-order valence-corrected chi connectivity index (χ0v) is 10.4. The Morgan fingerprint density at radius 3 is 2.93 bits per heavy atom. The number of halogens is 1. The van der Waals surface area contributed by atoms with Crippen LogP contribution in [0.3, 0.4) is 0 Å². The van der Waals surface area contributed by atoms with E-state index in [-0.39, 0.29) is 0 Å². The summed E-state index contributed by atoms with van der Waals surface area (Å²) in [5.41, 5.74) is 7.42. The number of nitrogens with zero attached hydrogens (tertiary/aromatic N) is 2. The van der Waals surface area contributed by atoms with Gasteiger partial charge in [0, 0.05) is 12.4 Å². The highest BCUT2D eigenvalue weighted by molar-refractivity contribution is 9.10. The summed E-state index contributed by atoms with van der Waals surface area (Å²) in [6, 6.07) is 0. The maximum atomic E-state index is 5.74. The summed E-state index contributed by atoms with van der Waals surface area (Å²) >= 11 is 4.94. The van der Waals surface area contributed by atoms with Gasteiger partial charge >= 0.3 is 0 Å². The molecule has 0 atom stereocenters. The van der Waals surface area contributed by atoms with E-state index in [0.717, 1.165) is 20.2 Å². The molecule has 0 aliphatic carbocycles. The number of aromatic nitrogens is 3. The van der Waals surface area contributed by atoms with Crippen LogP contribution in [0.1, 0.15) is 5.56 Å². The first-order chi connectivity index (χ1) is 7.18. The minimum Gasteiger partial charge on any atom is -0.397 e. The molecule has 3 N–H and O–H groups in total. The molecule has 0 saturated carbocycles. The second-order valence-corrected chi connectivity index (χ2v) is 4.72. The molecular formula is C9H9BrN4S. The van der Waals surface area contributed by atoms with Crippen molar-refractivity contribution in [1.82, 2.24) is 15.0 Å². The van der Waals surface area contributed by atoms with Crippen LogP contribution >= 0.6 is 27.7 Å². The van der Waals surface area contributed by atoms with Crippen molar-refractivity contribution in [3.8, 4) is 0 Å². The Hall–Kier alpha value is -1.01. The third-order valence-corrected chi connectivity index (χ3v) is 4.09. The molecule has 2 heterocycles. The Kier molecular flexibility index (Phi) is 2.97. The topological polar surface area (TPSA) is 67.6 Å². The second-order valence-electron chi connectivity index (χ2n) is 2.95. The van der Waals surface area contributed by atoms with Crippen molar-refractivity contribution < 1.29 is 0 Å². The average Bonchev–Trinajstić information content (AvgIpc) is 2.72. The zero-order valence-electron chi connectivity index (χ0n) is 7.99. The molecule has 0 aliphatic rings. The summed E-state index contributed by atoms with van der Waals surface area (Å²) in [5, 5.41) is 1.67. The lowest BCUT2D eigenvalue weighted by Gasteiger charge is -2.06. The van der Waals surface area contributed by atoms with Crippen LogP contribution in [-0.2, 0) is 0 Å². The molecule has 0 bridgehead atoms. The molecule has 6 heteroatoms. The van der Waals surface area contributed by atoms with Crippen molar-refractivity contribution in [3.63, 3.8) is 0 Å². The van der Waals surface area contributed by atoms with E-state index in [4.69, 9.17) is 5.73 Å². The number of aromatic amines is 1. The predicted octanol–water partition coefficient (Wildman–Crippen LogP) is 2.61. The summed E-state index contributed by atoms with van der Waals surface area (Å²) < 4.78 is 0.920. The van der Waals surface area contributed by atoms with Gasteiger partial charge in [-0.15, -0.1) is 0 Å². The van der Waals surface area contributed by atoms with Crippen molar-refractivity contribution >= 4 is 33.4 Å². The molecule has 0 fully saturated rings. The van der Waals surface area contributed by atoms with Gasteiger partial charge in [0.1, 0.15) is 5.03 Å². The normalized spacial score (nSPS) is 10.5. The van der Waals surface area contributed by atoms with Gasteiger partial charge in [0.05, 0.1) is 16.4 Å². The fraction of sp³-hybridized carbons (Fsp3) is 0.111. The number of nitrogens with two attached hydrogens (primary N) is 1. The molecule has 4 nitrogen and oxygen atoms in total. The van der Waals surface area contributed by atoms with E-state index in [1.807, 2.05) is 6.92 Å². The number of nitrogen functional groups attached to an aromatic ring is 1. The van der Waals surface area contributed by atoms with E-state index >= 15 is 0 Å². The molecule has 0 unspecified atom stereocenters. The number of pyridine rings is 1. The van der Waals surface area contributed by atoms with Crippen LogP contribution in [0.15, 0.2) is 33.2 Å². The largest absolute Gasteiger partial charge is 0.397 e. The van der Waals surface area contributed by atoms with Crippen LogP contribution in [-0.4, -0.2) is 15.0 Å². The average molecular weight is 285 g/mol. The Balaban J connectivity index is 2.34. The monoisotopic (exact) mass is 284 g/mol. The number of imidazole rings is 1. The third kappa shape index (κ3) is 2.15. The summed E-state index contributed by atoms with van der Waals surface area (Å²) in [4.78, 5) is 11.4. The van der Waals surface area contributed by atoms with Gasteiger partial charge < -0.3 is 10.7 Å².